The molecule has 0 aliphatic carbocycles. The maximum Gasteiger partial charge on any atom is 0.271 e. The van der Waals surface area contributed by atoms with E-state index in [1.54, 1.807) is 30.3 Å². The molecule has 2 aliphatic rings. The van der Waals surface area contributed by atoms with Crippen LogP contribution < -0.4 is 9.96 Å². The van der Waals surface area contributed by atoms with E-state index in [1.165, 1.54) is 47.5 Å². The Bertz CT molecular complexity index is 1220. The molecule has 8 nitrogen and oxygen atoms in total. The monoisotopic (exact) mass is 433 g/mol. The topological polar surface area (TPSA) is 93.0 Å². The number of halogens is 1. The minimum atomic E-state index is -1.11. The average Bonchev–Trinajstić information content (AvgIpc) is 3.31. The second-order valence-corrected chi connectivity index (χ2v) is 7.50. The molecule has 3 aromatic carbocycles. The van der Waals surface area contributed by atoms with E-state index in [0.717, 1.165) is 4.90 Å². The fourth-order valence-corrected chi connectivity index (χ4v) is 4.22. The molecule has 160 valence electrons. The van der Waals surface area contributed by atoms with Gasteiger partial charge in [0.25, 0.3) is 11.6 Å². The minimum absolute atomic E-state index is 0.138. The number of nitro groups is 1. The Kier molecular flexibility index (Phi) is 4.67. The highest BCUT2D eigenvalue weighted by Gasteiger charge is 2.60. The fourth-order valence-electron chi connectivity index (χ4n) is 4.22. The Morgan fingerprint density at radius 1 is 0.875 bits per heavy atom. The van der Waals surface area contributed by atoms with Crippen molar-refractivity contribution in [2.75, 3.05) is 9.96 Å². The van der Waals surface area contributed by atoms with Crippen LogP contribution in [-0.4, -0.2) is 22.8 Å². The number of fused-ring (bicyclic) bond motifs is 1. The molecule has 0 bridgehead atoms. The van der Waals surface area contributed by atoms with Crippen LogP contribution in [0.15, 0.2) is 78.9 Å². The lowest BCUT2D eigenvalue weighted by atomic mass is 9.90. The Balaban J connectivity index is 1.58. The van der Waals surface area contributed by atoms with Crippen LogP contribution in [0.3, 0.4) is 0 Å². The number of carbonyl (C=O) groups is 2. The zero-order chi connectivity index (χ0) is 22.4. The molecular formula is C23H16FN3O5. The summed E-state index contributed by atoms with van der Waals surface area (Å²) in [5.41, 5.74) is 1.19. The molecule has 3 atom stereocenters. The third-order valence-electron chi connectivity index (χ3n) is 5.64. The Morgan fingerprint density at radius 3 is 2.28 bits per heavy atom. The lowest BCUT2D eigenvalue weighted by molar-refractivity contribution is -0.384. The van der Waals surface area contributed by atoms with Crippen molar-refractivity contribution in [2.45, 2.75) is 12.1 Å². The number of hydrogen-bond donors (Lipinski definition) is 0. The molecule has 2 aliphatic heterocycles. The second kappa shape index (κ2) is 7.54. The zero-order valence-corrected chi connectivity index (χ0v) is 16.5. The highest BCUT2D eigenvalue weighted by molar-refractivity contribution is 6.23. The first kappa shape index (κ1) is 19.8. The van der Waals surface area contributed by atoms with Gasteiger partial charge < -0.3 is 0 Å². The standard InChI is InChI=1S/C23H16FN3O5/c24-15-9-11-16(12-10-15)25-22(28)19-20(14-5-2-1-3-6-14)26(32-21(19)23(25)29)17-7-4-8-18(13-17)27(30)31/h1-13,19-21H/t19-,20-,21-/m1/s1. The smallest absolute Gasteiger partial charge is 0.271 e. The Labute approximate surface area is 181 Å². The van der Waals surface area contributed by atoms with Crippen molar-refractivity contribution in [3.63, 3.8) is 0 Å². The summed E-state index contributed by atoms with van der Waals surface area (Å²) < 4.78 is 13.3. The van der Waals surface area contributed by atoms with Gasteiger partial charge >= 0.3 is 0 Å². The highest BCUT2D eigenvalue weighted by Crippen LogP contribution is 2.47. The number of nitro benzene ring substituents is 1. The molecule has 0 radical (unpaired) electrons. The van der Waals surface area contributed by atoms with E-state index in [2.05, 4.69) is 0 Å². The van der Waals surface area contributed by atoms with Crippen molar-refractivity contribution in [3.8, 4) is 0 Å². The van der Waals surface area contributed by atoms with E-state index in [9.17, 15) is 24.1 Å². The summed E-state index contributed by atoms with van der Waals surface area (Å²) in [6.45, 7) is 0. The maximum absolute atomic E-state index is 13.4. The largest absolute Gasteiger partial charge is 0.273 e. The molecule has 2 fully saturated rings. The minimum Gasteiger partial charge on any atom is -0.273 e. The molecule has 2 heterocycles. The van der Waals surface area contributed by atoms with E-state index >= 15 is 0 Å². The van der Waals surface area contributed by atoms with Crippen LogP contribution in [0.25, 0.3) is 0 Å². The van der Waals surface area contributed by atoms with Crippen molar-refractivity contribution < 1.29 is 23.7 Å². The van der Waals surface area contributed by atoms with Crippen molar-refractivity contribution in [3.05, 3.63) is 100 Å². The summed E-state index contributed by atoms with van der Waals surface area (Å²) in [4.78, 5) is 44.3. The number of nitrogens with zero attached hydrogens (tertiary/aromatic N) is 3. The van der Waals surface area contributed by atoms with Gasteiger partial charge in [0.2, 0.25) is 5.91 Å². The van der Waals surface area contributed by atoms with Crippen LogP contribution in [0.2, 0.25) is 0 Å². The molecule has 2 saturated heterocycles. The lowest BCUT2D eigenvalue weighted by Gasteiger charge is -2.28. The number of hydrogen-bond acceptors (Lipinski definition) is 6. The number of carbonyl (C=O) groups excluding carboxylic acids is 2. The van der Waals surface area contributed by atoms with Gasteiger partial charge in [-0.15, -0.1) is 0 Å². The molecule has 2 amide bonds. The molecule has 0 N–H and O–H groups in total. The van der Waals surface area contributed by atoms with E-state index in [-0.39, 0.29) is 11.4 Å². The third-order valence-corrected chi connectivity index (χ3v) is 5.64. The van der Waals surface area contributed by atoms with Gasteiger partial charge in [-0.1, -0.05) is 36.4 Å². The van der Waals surface area contributed by atoms with Crippen molar-refractivity contribution >= 4 is 28.9 Å². The molecule has 0 saturated carbocycles. The van der Waals surface area contributed by atoms with E-state index in [0.29, 0.717) is 11.3 Å². The summed E-state index contributed by atoms with van der Waals surface area (Å²) in [6.07, 6.45) is -1.11. The molecule has 32 heavy (non-hydrogen) atoms. The molecule has 9 heteroatoms. The van der Waals surface area contributed by atoms with E-state index in [4.69, 9.17) is 4.84 Å². The highest BCUT2D eigenvalue weighted by atomic mass is 19.1. The van der Waals surface area contributed by atoms with Crippen LogP contribution in [-0.2, 0) is 14.4 Å². The van der Waals surface area contributed by atoms with Crippen molar-refractivity contribution in [1.82, 2.24) is 0 Å². The molecule has 0 aromatic heterocycles. The first-order valence-corrected chi connectivity index (χ1v) is 9.84. The second-order valence-electron chi connectivity index (χ2n) is 7.50. The quantitative estimate of drug-likeness (QED) is 0.353. The number of benzene rings is 3. The fraction of sp³-hybridized carbons (Fsp3) is 0.130. The Hall–Kier alpha value is -4.11. The Morgan fingerprint density at radius 2 is 1.59 bits per heavy atom. The maximum atomic E-state index is 13.4. The van der Waals surface area contributed by atoms with Crippen LogP contribution in [0, 0.1) is 21.8 Å². The van der Waals surface area contributed by atoms with Crippen LogP contribution in [0.5, 0.6) is 0 Å². The van der Waals surface area contributed by atoms with Crippen LogP contribution in [0.4, 0.5) is 21.5 Å². The summed E-state index contributed by atoms with van der Waals surface area (Å²) >= 11 is 0. The number of non-ortho nitro benzene ring substituents is 1. The molecule has 0 unspecified atom stereocenters. The van der Waals surface area contributed by atoms with Gasteiger partial charge in [0.1, 0.15) is 11.7 Å². The summed E-state index contributed by atoms with van der Waals surface area (Å²) in [5.74, 6) is -2.41. The molecule has 0 spiro atoms. The summed E-state index contributed by atoms with van der Waals surface area (Å²) in [7, 11) is 0. The predicted molar refractivity (Wildman–Crippen MR) is 112 cm³/mol. The van der Waals surface area contributed by atoms with Gasteiger partial charge in [-0.25, -0.2) is 14.4 Å². The van der Waals surface area contributed by atoms with Crippen LogP contribution in [0.1, 0.15) is 11.6 Å². The number of amides is 2. The van der Waals surface area contributed by atoms with Crippen molar-refractivity contribution in [1.29, 1.82) is 0 Å². The van der Waals surface area contributed by atoms with Gasteiger partial charge in [-0.05, 0) is 35.9 Å². The van der Waals surface area contributed by atoms with Gasteiger partial charge in [0.05, 0.1) is 22.3 Å². The lowest BCUT2D eigenvalue weighted by Crippen LogP contribution is -2.37. The van der Waals surface area contributed by atoms with Gasteiger partial charge in [-0.3, -0.25) is 24.5 Å². The molecule has 5 rings (SSSR count). The van der Waals surface area contributed by atoms with Gasteiger partial charge in [0, 0.05) is 12.1 Å². The summed E-state index contributed by atoms with van der Waals surface area (Å²) in [6, 6.07) is 19.2. The average molecular weight is 433 g/mol. The van der Waals surface area contributed by atoms with Crippen LogP contribution >= 0.6 is 0 Å². The first-order valence-electron chi connectivity index (χ1n) is 9.84. The molecule has 3 aromatic rings. The van der Waals surface area contributed by atoms with Crippen molar-refractivity contribution in [2.24, 2.45) is 5.92 Å². The number of anilines is 2. The number of hydroxylamine groups is 1. The van der Waals surface area contributed by atoms with E-state index in [1.807, 2.05) is 6.07 Å². The van der Waals surface area contributed by atoms with Gasteiger partial charge in [0.15, 0.2) is 6.10 Å². The normalized spacial score (nSPS) is 22.3. The molecular weight excluding hydrogens is 417 g/mol. The number of rotatable bonds is 4. The van der Waals surface area contributed by atoms with E-state index < -0.39 is 40.6 Å². The zero-order valence-electron chi connectivity index (χ0n) is 16.5. The number of imide groups is 1. The summed E-state index contributed by atoms with van der Waals surface area (Å²) in [5, 5.41) is 12.6. The first-order chi connectivity index (χ1) is 15.5. The predicted octanol–water partition coefficient (Wildman–Crippen LogP) is 3.79. The SMILES string of the molecule is O=C1[C@@H]2[C@@H](c3ccccc3)N(c3cccc([N+](=O)[O-])c3)O[C@H]2C(=O)N1c1ccc(F)cc1. The third kappa shape index (κ3) is 3.10. The van der Waals surface area contributed by atoms with Gasteiger partial charge in [-0.2, -0.15) is 0 Å².